The molecule has 4 N–H and O–H groups in total. The van der Waals surface area contributed by atoms with Crippen molar-refractivity contribution in [1.82, 2.24) is 30.4 Å². The number of hydrogen-bond acceptors (Lipinski definition) is 6. The normalized spacial score (nSPS) is 13.7. The zero-order valence-corrected chi connectivity index (χ0v) is 16.0. The molecule has 1 aliphatic carbocycles. The molecule has 148 valence electrons. The summed E-state index contributed by atoms with van der Waals surface area (Å²) in [5.41, 5.74) is 3.23. The Bertz CT molecular complexity index is 1160. The van der Waals surface area contributed by atoms with Crippen molar-refractivity contribution in [2.45, 2.75) is 32.1 Å². The zero-order valence-electron chi connectivity index (χ0n) is 16.0. The molecule has 0 amide bonds. The minimum atomic E-state index is -0.483. The van der Waals surface area contributed by atoms with Crippen LogP contribution in [-0.4, -0.2) is 36.9 Å². The summed E-state index contributed by atoms with van der Waals surface area (Å²) >= 11 is 0. The van der Waals surface area contributed by atoms with Crippen molar-refractivity contribution in [3.05, 3.63) is 53.2 Å². The molecule has 0 atom stereocenters. The lowest BCUT2D eigenvalue weighted by Gasteiger charge is -2.11. The molecule has 1 aromatic carbocycles. The molecule has 1 saturated carbocycles. The number of nitrogens with one attached hydrogen (secondary N) is 4. The van der Waals surface area contributed by atoms with Gasteiger partial charge in [0.1, 0.15) is 0 Å². The quantitative estimate of drug-likeness (QED) is 0.380. The van der Waals surface area contributed by atoms with Gasteiger partial charge in [-0.25, -0.2) is 9.37 Å². The Morgan fingerprint density at radius 1 is 1.21 bits per heavy atom. The Kier molecular flexibility index (Phi) is 4.34. The highest BCUT2D eigenvalue weighted by atomic mass is 19.1. The van der Waals surface area contributed by atoms with Crippen molar-refractivity contribution in [3.8, 4) is 0 Å². The third-order valence-electron chi connectivity index (χ3n) is 5.05. The molecule has 3 heterocycles. The fourth-order valence-corrected chi connectivity index (χ4v) is 3.42. The minimum Gasteiger partial charge on any atom is -0.354 e. The molecule has 0 unspecified atom stereocenters. The summed E-state index contributed by atoms with van der Waals surface area (Å²) in [6.07, 6.45) is 4.40. The van der Waals surface area contributed by atoms with Crippen molar-refractivity contribution in [2.24, 2.45) is 0 Å². The molecular weight excluding hydrogens is 371 g/mol. The van der Waals surface area contributed by atoms with Crippen molar-refractivity contribution < 1.29 is 4.39 Å². The van der Waals surface area contributed by atoms with E-state index in [4.69, 9.17) is 0 Å². The second-order valence-corrected chi connectivity index (χ2v) is 7.22. The molecule has 3 aromatic heterocycles. The molecule has 0 aliphatic heterocycles. The Morgan fingerprint density at radius 3 is 2.93 bits per heavy atom. The van der Waals surface area contributed by atoms with Gasteiger partial charge >= 0.3 is 0 Å². The van der Waals surface area contributed by atoms with Crippen molar-refractivity contribution in [2.75, 3.05) is 17.2 Å². The number of rotatable bonds is 7. The Balaban J connectivity index is 1.49. The second kappa shape index (κ2) is 7.16. The lowest BCUT2D eigenvalue weighted by atomic mass is 10.1. The number of halogens is 1. The molecule has 1 aliphatic rings. The van der Waals surface area contributed by atoms with Crippen molar-refractivity contribution >= 4 is 28.5 Å². The average molecular weight is 392 g/mol. The van der Waals surface area contributed by atoms with Crippen LogP contribution in [0.2, 0.25) is 0 Å². The van der Waals surface area contributed by atoms with Crippen LogP contribution < -0.4 is 10.6 Å². The first-order chi connectivity index (χ1) is 14.2. The minimum absolute atomic E-state index is 0.110. The predicted molar refractivity (Wildman–Crippen MR) is 109 cm³/mol. The van der Waals surface area contributed by atoms with Crippen LogP contribution in [0.3, 0.4) is 0 Å². The van der Waals surface area contributed by atoms with Gasteiger partial charge in [0.05, 0.1) is 17.4 Å². The van der Waals surface area contributed by atoms with Crippen LogP contribution >= 0.6 is 0 Å². The van der Waals surface area contributed by atoms with Gasteiger partial charge in [-0.2, -0.15) is 15.2 Å². The van der Waals surface area contributed by atoms with Crippen LogP contribution in [0.15, 0.2) is 30.5 Å². The molecule has 0 radical (unpaired) electrons. The highest BCUT2D eigenvalue weighted by Gasteiger charge is 2.26. The first kappa shape index (κ1) is 17.6. The van der Waals surface area contributed by atoms with Gasteiger partial charge < -0.3 is 10.6 Å². The van der Waals surface area contributed by atoms with Gasteiger partial charge in [-0.1, -0.05) is 12.1 Å². The second-order valence-electron chi connectivity index (χ2n) is 7.22. The van der Waals surface area contributed by atoms with Gasteiger partial charge in [0.15, 0.2) is 17.5 Å². The highest BCUT2D eigenvalue weighted by Crippen LogP contribution is 2.39. The van der Waals surface area contributed by atoms with E-state index in [1.807, 2.05) is 31.2 Å². The van der Waals surface area contributed by atoms with E-state index in [9.17, 15) is 0 Å². The van der Waals surface area contributed by atoms with E-state index in [1.165, 1.54) is 0 Å². The fraction of sp³-hybridized carbons (Fsp3) is 0.300. The van der Waals surface area contributed by atoms with Crippen LogP contribution in [0, 0.1) is 5.82 Å². The predicted octanol–water partition coefficient (Wildman–Crippen LogP) is 3.86. The topological polar surface area (TPSA) is 107 Å². The average Bonchev–Trinajstić information content (AvgIpc) is 3.26. The van der Waals surface area contributed by atoms with Crippen LogP contribution in [-0.2, 0) is 6.42 Å². The standard InChI is InChI=1S/C20H21FN8/c1-2-22-20-24-16(8-12-4-3-5-14-13(12)10-23-27-14)18(21)19(26-20)25-17-9-15(28-29-17)11-6-7-11/h3-5,9-11H,2,6-8H2,1H3,(H,23,27)(H3,22,24,25,26,28,29). The van der Waals surface area contributed by atoms with Crippen LogP contribution in [0.5, 0.6) is 0 Å². The van der Waals surface area contributed by atoms with E-state index in [0.717, 1.165) is 35.0 Å². The van der Waals surface area contributed by atoms with Crippen LogP contribution in [0.1, 0.15) is 42.6 Å². The van der Waals surface area contributed by atoms with E-state index in [-0.39, 0.29) is 5.82 Å². The van der Waals surface area contributed by atoms with Gasteiger partial charge in [0.25, 0.3) is 0 Å². The molecular formula is C20H21FN8. The number of aromatic amines is 2. The number of H-pyrrole nitrogens is 2. The number of benzene rings is 1. The largest absolute Gasteiger partial charge is 0.354 e. The summed E-state index contributed by atoms with van der Waals surface area (Å²) in [5, 5.41) is 21.3. The third-order valence-corrected chi connectivity index (χ3v) is 5.05. The molecule has 0 saturated heterocycles. The first-order valence-corrected chi connectivity index (χ1v) is 9.75. The van der Waals surface area contributed by atoms with Crippen molar-refractivity contribution in [3.63, 3.8) is 0 Å². The maximum absolute atomic E-state index is 15.3. The van der Waals surface area contributed by atoms with Crippen LogP contribution in [0.4, 0.5) is 22.0 Å². The fourth-order valence-electron chi connectivity index (χ4n) is 3.42. The Hall–Kier alpha value is -3.49. The van der Waals surface area contributed by atoms with Gasteiger partial charge in [-0.3, -0.25) is 10.2 Å². The Morgan fingerprint density at radius 2 is 2.10 bits per heavy atom. The third kappa shape index (κ3) is 3.51. The molecule has 1 fully saturated rings. The Labute approximate surface area is 166 Å². The number of nitrogens with zero attached hydrogens (tertiary/aromatic N) is 4. The first-order valence-electron chi connectivity index (χ1n) is 9.75. The summed E-state index contributed by atoms with van der Waals surface area (Å²) in [6, 6.07) is 7.73. The smallest absolute Gasteiger partial charge is 0.225 e. The molecule has 0 spiro atoms. The maximum atomic E-state index is 15.3. The number of anilines is 3. The molecule has 5 rings (SSSR count). The summed E-state index contributed by atoms with van der Waals surface area (Å²) in [6.45, 7) is 2.58. The maximum Gasteiger partial charge on any atom is 0.225 e. The van der Waals surface area contributed by atoms with E-state index >= 15 is 4.39 Å². The van der Waals surface area contributed by atoms with Gasteiger partial charge in [-0.05, 0) is 31.4 Å². The summed E-state index contributed by atoms with van der Waals surface area (Å²) in [4.78, 5) is 8.70. The highest BCUT2D eigenvalue weighted by molar-refractivity contribution is 5.81. The molecule has 0 bridgehead atoms. The SMILES string of the molecule is CCNc1nc(Cc2cccc3[nH]ncc23)c(F)c(Nc2cc(C3CC3)[nH]n2)n1. The number of aromatic nitrogens is 6. The summed E-state index contributed by atoms with van der Waals surface area (Å²) < 4.78 is 15.3. The van der Waals surface area contributed by atoms with E-state index in [0.29, 0.717) is 36.3 Å². The molecule has 4 aromatic rings. The monoisotopic (exact) mass is 392 g/mol. The van der Waals surface area contributed by atoms with E-state index < -0.39 is 5.82 Å². The lowest BCUT2D eigenvalue weighted by molar-refractivity contribution is 0.602. The van der Waals surface area contributed by atoms with E-state index in [2.05, 4.69) is 41.0 Å². The van der Waals surface area contributed by atoms with E-state index in [1.54, 1.807) is 6.20 Å². The number of fused-ring (bicyclic) bond motifs is 1. The zero-order chi connectivity index (χ0) is 19.8. The van der Waals surface area contributed by atoms with Gasteiger partial charge in [0, 0.05) is 36.0 Å². The summed E-state index contributed by atoms with van der Waals surface area (Å²) in [7, 11) is 0. The van der Waals surface area contributed by atoms with Gasteiger partial charge in [0.2, 0.25) is 5.95 Å². The summed E-state index contributed by atoms with van der Waals surface area (Å²) in [5.74, 6) is 1.09. The van der Waals surface area contributed by atoms with Crippen molar-refractivity contribution in [1.29, 1.82) is 0 Å². The number of hydrogen-bond donors (Lipinski definition) is 4. The van der Waals surface area contributed by atoms with Crippen LogP contribution in [0.25, 0.3) is 10.9 Å². The lowest BCUT2D eigenvalue weighted by Crippen LogP contribution is -2.10. The molecule has 9 heteroatoms. The van der Waals surface area contributed by atoms with Gasteiger partial charge in [-0.15, -0.1) is 0 Å². The molecule has 29 heavy (non-hydrogen) atoms. The molecule has 8 nitrogen and oxygen atoms in total.